The maximum absolute atomic E-state index is 5.16. The summed E-state index contributed by atoms with van der Waals surface area (Å²) in [5.74, 6) is 0. The van der Waals surface area contributed by atoms with E-state index in [9.17, 15) is 0 Å². The van der Waals surface area contributed by atoms with Crippen molar-refractivity contribution in [3.05, 3.63) is 0 Å². The second kappa shape index (κ2) is 6.90. The molecule has 0 aliphatic carbocycles. The number of unbranched alkanes of at least 4 members (excludes halogenated alkanes) is 4. The molecule has 0 aliphatic heterocycles. The van der Waals surface area contributed by atoms with Gasteiger partial charge in [0.25, 0.3) is 0 Å². The highest BCUT2D eigenvalue weighted by molar-refractivity contribution is 9.06. The first-order chi connectivity index (χ1) is 5.62. The van der Waals surface area contributed by atoms with Crippen LogP contribution in [0.1, 0.15) is 59.3 Å². The predicted octanol–water partition coefficient (Wildman–Crippen LogP) is 4.45. The molecule has 0 spiro atoms. The third kappa shape index (κ3) is 7.11. The molecule has 0 N–H and O–H groups in total. The number of halogens is 1. The van der Waals surface area contributed by atoms with Crippen molar-refractivity contribution in [1.29, 1.82) is 0 Å². The summed E-state index contributed by atoms with van der Waals surface area (Å²) in [6.07, 6.45) is 7.82. The van der Waals surface area contributed by atoms with Crippen molar-refractivity contribution in [3.8, 4) is 0 Å². The molecule has 12 heavy (non-hydrogen) atoms. The Kier molecular flexibility index (Phi) is 7.16. The van der Waals surface area contributed by atoms with Crippen molar-refractivity contribution >= 4 is 16.3 Å². The fourth-order valence-corrected chi connectivity index (χ4v) is 1.35. The summed E-state index contributed by atoms with van der Waals surface area (Å²) in [4.78, 5) is 0. The van der Waals surface area contributed by atoms with Gasteiger partial charge in [-0.25, -0.2) is 0 Å². The molecular weight excluding hydrogens is 216 g/mol. The second-order valence-electron chi connectivity index (χ2n) is 4.00. The molecule has 0 amide bonds. The molecule has 0 heterocycles. The molecule has 0 rings (SSSR count). The van der Waals surface area contributed by atoms with Crippen LogP contribution in [0.15, 0.2) is 0 Å². The largest absolute Gasteiger partial charge is 0.302 e. The van der Waals surface area contributed by atoms with Crippen molar-refractivity contribution in [2.75, 3.05) is 0 Å². The lowest BCUT2D eigenvalue weighted by Gasteiger charge is -2.20. The van der Waals surface area contributed by atoms with E-state index in [1.54, 1.807) is 0 Å². The van der Waals surface area contributed by atoms with Crippen LogP contribution in [0.5, 0.6) is 0 Å². The van der Waals surface area contributed by atoms with Crippen LogP contribution in [-0.4, -0.2) is 5.60 Å². The van der Waals surface area contributed by atoms with Crippen molar-refractivity contribution in [2.24, 2.45) is 0 Å². The van der Waals surface area contributed by atoms with Gasteiger partial charge < -0.3 is 3.83 Å². The molecule has 0 aromatic carbocycles. The monoisotopic (exact) mass is 236 g/mol. The molecule has 0 radical (unpaired) electrons. The van der Waals surface area contributed by atoms with Gasteiger partial charge in [0.05, 0.1) is 21.9 Å². The highest BCUT2D eigenvalue weighted by Crippen LogP contribution is 2.21. The Hall–Kier alpha value is 0.440. The maximum atomic E-state index is 5.16. The van der Waals surface area contributed by atoms with Crippen LogP contribution in [-0.2, 0) is 3.83 Å². The Morgan fingerprint density at radius 3 is 2.17 bits per heavy atom. The van der Waals surface area contributed by atoms with Gasteiger partial charge in [0.15, 0.2) is 0 Å². The first kappa shape index (κ1) is 12.4. The Morgan fingerprint density at radius 1 is 1.08 bits per heavy atom. The zero-order chi connectivity index (χ0) is 9.45. The van der Waals surface area contributed by atoms with Gasteiger partial charge in [0, 0.05) is 0 Å². The van der Waals surface area contributed by atoms with Gasteiger partial charge in [-0.1, -0.05) is 39.0 Å². The Morgan fingerprint density at radius 2 is 1.67 bits per heavy atom. The molecule has 0 aliphatic rings. The summed E-state index contributed by atoms with van der Waals surface area (Å²) >= 11 is 3.05. The maximum Gasteiger partial charge on any atom is 0.0993 e. The quantitative estimate of drug-likeness (QED) is 0.594. The van der Waals surface area contributed by atoms with Gasteiger partial charge in [0.1, 0.15) is 0 Å². The SMILES string of the molecule is CCCCCCCC(C)(C)OBr. The minimum Gasteiger partial charge on any atom is -0.302 e. The molecule has 0 aromatic rings. The normalized spacial score (nSPS) is 12.0. The lowest BCUT2D eigenvalue weighted by atomic mass is 10.0. The smallest absolute Gasteiger partial charge is 0.0993 e. The molecule has 0 bridgehead atoms. The third-order valence-electron chi connectivity index (χ3n) is 2.09. The van der Waals surface area contributed by atoms with Gasteiger partial charge in [-0.15, -0.1) is 0 Å². The Labute approximate surface area is 85.3 Å². The molecule has 0 saturated carbocycles. The van der Waals surface area contributed by atoms with E-state index in [4.69, 9.17) is 3.83 Å². The molecular formula is C10H21BrO. The van der Waals surface area contributed by atoms with E-state index in [0.717, 1.165) is 6.42 Å². The fraction of sp³-hybridized carbons (Fsp3) is 1.00. The van der Waals surface area contributed by atoms with Crippen LogP contribution in [0, 0.1) is 0 Å². The van der Waals surface area contributed by atoms with Gasteiger partial charge >= 0.3 is 0 Å². The van der Waals surface area contributed by atoms with Crippen LogP contribution in [0.4, 0.5) is 0 Å². The van der Waals surface area contributed by atoms with E-state index in [-0.39, 0.29) is 5.60 Å². The van der Waals surface area contributed by atoms with Gasteiger partial charge in [-0.2, -0.15) is 0 Å². The van der Waals surface area contributed by atoms with Crippen LogP contribution in [0.3, 0.4) is 0 Å². The molecule has 0 unspecified atom stereocenters. The number of rotatable bonds is 7. The van der Waals surface area contributed by atoms with E-state index in [1.807, 2.05) is 0 Å². The van der Waals surface area contributed by atoms with E-state index >= 15 is 0 Å². The number of hydrogen-bond acceptors (Lipinski definition) is 1. The molecule has 2 heteroatoms. The second-order valence-corrected chi connectivity index (χ2v) is 4.32. The molecule has 0 saturated heterocycles. The summed E-state index contributed by atoms with van der Waals surface area (Å²) in [5, 5.41) is 0. The Balaban J connectivity index is 3.19. The summed E-state index contributed by atoms with van der Waals surface area (Å²) in [6, 6.07) is 0. The zero-order valence-electron chi connectivity index (χ0n) is 8.53. The van der Waals surface area contributed by atoms with Crippen molar-refractivity contribution in [2.45, 2.75) is 64.9 Å². The van der Waals surface area contributed by atoms with Gasteiger partial charge in [0.2, 0.25) is 0 Å². The van der Waals surface area contributed by atoms with Crippen molar-refractivity contribution < 1.29 is 3.83 Å². The number of hydrogen-bond donors (Lipinski definition) is 0. The first-order valence-electron chi connectivity index (χ1n) is 4.92. The molecule has 74 valence electrons. The summed E-state index contributed by atoms with van der Waals surface area (Å²) < 4.78 is 5.16. The summed E-state index contributed by atoms with van der Waals surface area (Å²) in [7, 11) is 0. The van der Waals surface area contributed by atoms with E-state index < -0.39 is 0 Å². The minimum absolute atomic E-state index is 0.00617. The molecule has 1 nitrogen and oxygen atoms in total. The van der Waals surface area contributed by atoms with Crippen molar-refractivity contribution in [1.82, 2.24) is 0 Å². The summed E-state index contributed by atoms with van der Waals surface area (Å²) in [6.45, 7) is 6.47. The minimum atomic E-state index is 0.00617. The first-order valence-corrected chi connectivity index (χ1v) is 5.57. The molecule has 0 fully saturated rings. The van der Waals surface area contributed by atoms with Crippen LogP contribution in [0.2, 0.25) is 0 Å². The van der Waals surface area contributed by atoms with E-state index in [2.05, 4.69) is 37.0 Å². The lowest BCUT2D eigenvalue weighted by Crippen LogP contribution is -2.19. The van der Waals surface area contributed by atoms with Crippen LogP contribution >= 0.6 is 16.3 Å². The molecule has 0 atom stereocenters. The lowest BCUT2D eigenvalue weighted by molar-refractivity contribution is 0.138. The van der Waals surface area contributed by atoms with E-state index in [1.165, 1.54) is 32.1 Å². The fourth-order valence-electron chi connectivity index (χ4n) is 1.19. The predicted molar refractivity (Wildman–Crippen MR) is 57.5 cm³/mol. The van der Waals surface area contributed by atoms with Crippen molar-refractivity contribution in [3.63, 3.8) is 0 Å². The summed E-state index contributed by atoms with van der Waals surface area (Å²) in [5.41, 5.74) is 0.00617. The average Bonchev–Trinajstić information content (AvgIpc) is 2.04. The standard InChI is InChI=1S/C10H21BrO/c1-4-5-6-7-8-9-10(2,3)12-11/h4-9H2,1-3H3. The van der Waals surface area contributed by atoms with E-state index in [0.29, 0.717) is 0 Å². The highest BCUT2D eigenvalue weighted by Gasteiger charge is 2.16. The third-order valence-corrected chi connectivity index (χ3v) is 2.97. The zero-order valence-corrected chi connectivity index (χ0v) is 10.1. The topological polar surface area (TPSA) is 9.23 Å². The Bertz CT molecular complexity index is 102. The van der Waals surface area contributed by atoms with Gasteiger partial charge in [-0.05, 0) is 20.3 Å². The van der Waals surface area contributed by atoms with Crippen LogP contribution < -0.4 is 0 Å². The van der Waals surface area contributed by atoms with Crippen LogP contribution in [0.25, 0.3) is 0 Å². The van der Waals surface area contributed by atoms with Gasteiger partial charge in [-0.3, -0.25) is 0 Å². The highest BCUT2D eigenvalue weighted by atomic mass is 79.9. The molecule has 0 aromatic heterocycles. The average molecular weight is 237 g/mol.